The number of carbonyl (C=O) groups excluding carboxylic acids is 1. The second-order valence-corrected chi connectivity index (χ2v) is 8.68. The van der Waals surface area contributed by atoms with Gasteiger partial charge < -0.3 is 9.80 Å². The van der Waals surface area contributed by atoms with Crippen LogP contribution in [0.15, 0.2) is 29.2 Å². The van der Waals surface area contributed by atoms with Crippen molar-refractivity contribution in [2.45, 2.75) is 57.9 Å². The van der Waals surface area contributed by atoms with E-state index < -0.39 is 0 Å². The van der Waals surface area contributed by atoms with Crippen LogP contribution in [0.25, 0.3) is 0 Å². The lowest BCUT2D eigenvalue weighted by Gasteiger charge is -2.32. The van der Waals surface area contributed by atoms with Gasteiger partial charge in [0.15, 0.2) is 0 Å². The summed E-state index contributed by atoms with van der Waals surface area (Å²) in [4.78, 5) is 18.7. The number of benzene rings is 1. The minimum atomic E-state index is 0.334. The molecule has 1 aromatic rings. The topological polar surface area (TPSA) is 23.6 Å². The van der Waals surface area contributed by atoms with Crippen LogP contribution in [0.4, 0.5) is 0 Å². The Morgan fingerprint density at radius 1 is 1.12 bits per heavy atom. The van der Waals surface area contributed by atoms with Gasteiger partial charge in [-0.2, -0.15) is 0 Å². The quantitative estimate of drug-likeness (QED) is 0.639. The predicted molar refractivity (Wildman–Crippen MR) is 108 cm³/mol. The monoisotopic (exact) mass is 362 g/mol. The number of amides is 1. The molecular weight excluding hydrogens is 328 g/mol. The van der Waals surface area contributed by atoms with Gasteiger partial charge in [-0.05, 0) is 44.4 Å². The molecule has 1 amide bonds. The molecule has 1 aliphatic heterocycles. The number of thioether (sulfide) groups is 1. The third kappa shape index (κ3) is 6.67. The number of hydrogen-bond acceptors (Lipinski definition) is 3. The highest BCUT2D eigenvalue weighted by atomic mass is 32.2. The van der Waals surface area contributed by atoms with Gasteiger partial charge in [0.05, 0.1) is 0 Å². The molecule has 140 valence electrons. The fourth-order valence-corrected chi connectivity index (χ4v) is 4.49. The minimum absolute atomic E-state index is 0.334. The van der Waals surface area contributed by atoms with Gasteiger partial charge >= 0.3 is 0 Å². The molecule has 0 N–H and O–H groups in total. The molecule has 0 spiro atoms. The normalized spacial score (nSPS) is 17.8. The molecule has 1 atom stereocenters. The van der Waals surface area contributed by atoms with E-state index >= 15 is 0 Å². The predicted octanol–water partition coefficient (Wildman–Crippen LogP) is 4.45. The number of hydrogen-bond donors (Lipinski definition) is 0. The summed E-state index contributed by atoms with van der Waals surface area (Å²) in [6, 6.07) is 9.05. The zero-order chi connectivity index (χ0) is 18.2. The van der Waals surface area contributed by atoms with E-state index in [2.05, 4.69) is 61.8 Å². The number of carbonyl (C=O) groups is 1. The van der Waals surface area contributed by atoms with Crippen LogP contribution < -0.4 is 0 Å². The Labute approximate surface area is 158 Å². The van der Waals surface area contributed by atoms with E-state index in [4.69, 9.17) is 0 Å². The second kappa shape index (κ2) is 10.2. The average Bonchev–Trinajstić information content (AvgIpc) is 2.75. The molecule has 1 aliphatic rings. The van der Waals surface area contributed by atoms with Crippen LogP contribution in [0.1, 0.15) is 45.6 Å². The van der Waals surface area contributed by atoms with E-state index in [0.29, 0.717) is 24.3 Å². The molecule has 0 saturated carbocycles. The Kier molecular flexibility index (Phi) is 8.31. The molecule has 3 nitrogen and oxygen atoms in total. The Morgan fingerprint density at radius 3 is 2.48 bits per heavy atom. The second-order valence-electron chi connectivity index (χ2n) is 7.59. The van der Waals surface area contributed by atoms with Crippen molar-refractivity contribution in [2.75, 3.05) is 31.9 Å². The fourth-order valence-electron chi connectivity index (χ4n) is 3.47. The number of nitrogens with zero attached hydrogens (tertiary/aromatic N) is 2. The molecule has 0 radical (unpaired) electrons. The minimum Gasteiger partial charge on any atom is -0.338 e. The summed E-state index contributed by atoms with van der Waals surface area (Å²) < 4.78 is 0. The smallest absolute Gasteiger partial charge is 0.224 e. The lowest BCUT2D eigenvalue weighted by Crippen LogP contribution is -2.43. The molecular formula is C21H34N2OS. The van der Waals surface area contributed by atoms with E-state index in [9.17, 15) is 4.79 Å². The molecule has 0 aromatic heterocycles. The van der Waals surface area contributed by atoms with E-state index in [-0.39, 0.29) is 0 Å². The van der Waals surface area contributed by atoms with Gasteiger partial charge in [0, 0.05) is 42.7 Å². The number of rotatable bonds is 8. The fraction of sp³-hybridized carbons (Fsp3) is 0.667. The van der Waals surface area contributed by atoms with E-state index in [0.717, 1.165) is 44.8 Å². The van der Waals surface area contributed by atoms with Gasteiger partial charge in [-0.3, -0.25) is 4.79 Å². The Bertz CT molecular complexity index is 529. The van der Waals surface area contributed by atoms with Gasteiger partial charge in [-0.1, -0.05) is 38.5 Å². The molecule has 2 rings (SSSR count). The van der Waals surface area contributed by atoms with Crippen molar-refractivity contribution < 1.29 is 4.79 Å². The molecule has 1 fully saturated rings. The summed E-state index contributed by atoms with van der Waals surface area (Å²) >= 11 is 1.89. The number of aryl methyl sites for hydroxylation is 1. The zero-order valence-corrected chi connectivity index (χ0v) is 17.1. The molecule has 1 saturated heterocycles. The molecule has 1 aromatic carbocycles. The summed E-state index contributed by atoms with van der Waals surface area (Å²) in [6.45, 7) is 12.8. The van der Waals surface area contributed by atoms with Crippen LogP contribution in [0.2, 0.25) is 0 Å². The maximum Gasteiger partial charge on any atom is 0.224 e. The van der Waals surface area contributed by atoms with Gasteiger partial charge in [0.2, 0.25) is 5.91 Å². The summed E-state index contributed by atoms with van der Waals surface area (Å²) in [5.41, 5.74) is 1.29. The molecule has 25 heavy (non-hydrogen) atoms. The highest BCUT2D eigenvalue weighted by Gasteiger charge is 2.27. The Morgan fingerprint density at radius 2 is 1.84 bits per heavy atom. The lowest BCUT2D eigenvalue weighted by molar-refractivity contribution is -0.132. The van der Waals surface area contributed by atoms with Crippen molar-refractivity contribution in [3.05, 3.63) is 29.8 Å². The van der Waals surface area contributed by atoms with Crippen LogP contribution in [0.3, 0.4) is 0 Å². The van der Waals surface area contributed by atoms with Gasteiger partial charge in [-0.15, -0.1) is 11.8 Å². The summed E-state index contributed by atoms with van der Waals surface area (Å²) in [5, 5.41) is 0. The van der Waals surface area contributed by atoms with Gasteiger partial charge in [0.1, 0.15) is 0 Å². The third-order valence-electron chi connectivity index (χ3n) is 4.81. The van der Waals surface area contributed by atoms with Crippen molar-refractivity contribution in [1.82, 2.24) is 9.80 Å². The van der Waals surface area contributed by atoms with Gasteiger partial charge in [-0.25, -0.2) is 0 Å². The van der Waals surface area contributed by atoms with Crippen molar-refractivity contribution in [3.8, 4) is 0 Å². The highest BCUT2D eigenvalue weighted by molar-refractivity contribution is 7.99. The third-order valence-corrected chi connectivity index (χ3v) is 5.96. The first kappa shape index (κ1) is 20.3. The van der Waals surface area contributed by atoms with Gasteiger partial charge in [0.25, 0.3) is 0 Å². The average molecular weight is 363 g/mol. The van der Waals surface area contributed by atoms with Crippen LogP contribution in [-0.4, -0.2) is 53.7 Å². The van der Waals surface area contributed by atoms with Crippen LogP contribution in [-0.2, 0) is 4.79 Å². The molecule has 4 heteroatoms. The maximum atomic E-state index is 12.7. The molecule has 0 bridgehead atoms. The Hall–Kier alpha value is -1.00. The Balaban J connectivity index is 2.01. The van der Waals surface area contributed by atoms with E-state index in [1.165, 1.54) is 10.5 Å². The van der Waals surface area contributed by atoms with Crippen LogP contribution in [0.5, 0.6) is 0 Å². The van der Waals surface area contributed by atoms with Crippen molar-refractivity contribution in [3.63, 3.8) is 0 Å². The highest BCUT2D eigenvalue weighted by Crippen LogP contribution is 2.25. The van der Waals surface area contributed by atoms with Crippen molar-refractivity contribution in [1.29, 1.82) is 0 Å². The van der Waals surface area contributed by atoms with E-state index in [1.54, 1.807) is 0 Å². The molecule has 0 unspecified atom stereocenters. The zero-order valence-electron chi connectivity index (χ0n) is 16.3. The van der Waals surface area contributed by atoms with E-state index in [1.807, 2.05) is 11.8 Å². The maximum absolute atomic E-state index is 12.7. The molecule has 0 aliphatic carbocycles. The standard InChI is InChI=1S/C21H34N2OS/c1-5-11-22-12-10-21(24)23(14-13-22)19(15-17(2)3)16-25-20-8-6-18(4)7-9-20/h6-9,17,19H,5,10-16H2,1-4H3/t19-/m0/s1. The molecule has 1 heterocycles. The van der Waals surface area contributed by atoms with Crippen molar-refractivity contribution in [2.24, 2.45) is 5.92 Å². The first-order chi connectivity index (χ1) is 12.0. The SMILES string of the molecule is CCCN1CCC(=O)N([C@H](CSc2ccc(C)cc2)CC(C)C)CC1. The lowest BCUT2D eigenvalue weighted by atomic mass is 10.0. The van der Waals surface area contributed by atoms with Crippen LogP contribution >= 0.6 is 11.8 Å². The van der Waals surface area contributed by atoms with Crippen LogP contribution in [0, 0.1) is 12.8 Å². The summed E-state index contributed by atoms with van der Waals surface area (Å²) in [5.74, 6) is 1.93. The first-order valence-corrected chi connectivity index (χ1v) is 10.7. The largest absolute Gasteiger partial charge is 0.338 e. The first-order valence-electron chi connectivity index (χ1n) is 9.71. The van der Waals surface area contributed by atoms with Crippen molar-refractivity contribution >= 4 is 17.7 Å². The summed E-state index contributed by atoms with van der Waals surface area (Å²) in [6.07, 6.45) is 2.91. The summed E-state index contributed by atoms with van der Waals surface area (Å²) in [7, 11) is 0.